The van der Waals surface area contributed by atoms with Gasteiger partial charge in [0, 0.05) is 5.88 Å². The molecule has 12 heteroatoms. The minimum absolute atomic E-state index is 0.131. The highest BCUT2D eigenvalue weighted by Gasteiger charge is 2.55. The van der Waals surface area contributed by atoms with Crippen molar-refractivity contribution in [1.29, 1.82) is 0 Å². The van der Waals surface area contributed by atoms with Crippen LogP contribution in [-0.4, -0.2) is 85.9 Å². The number of ether oxygens (including phenoxy) is 1. The number of hydrogen-bond acceptors (Lipinski definition) is 9. The molecule has 0 bridgehead atoms. The van der Waals surface area contributed by atoms with Crippen molar-refractivity contribution in [3.8, 4) is 0 Å². The standard InChI is InChI=1S/C9H16ClN3O8/c10-1-2-13(12-20)8(18)11-9(19)6(16)5(15)4(3-14)21-7(9)17/h4-7,14-17,19H,1-3H2,(H,11,18)/t4-,5-,6+,7?,9+/m1/s1. The molecule has 0 saturated carbocycles. The quantitative estimate of drug-likeness (QED) is 0.134. The Morgan fingerprint density at radius 1 is 1.43 bits per heavy atom. The summed E-state index contributed by atoms with van der Waals surface area (Å²) in [6.45, 7) is -1.03. The van der Waals surface area contributed by atoms with Gasteiger partial charge in [-0.1, -0.05) is 0 Å². The van der Waals surface area contributed by atoms with E-state index >= 15 is 0 Å². The lowest BCUT2D eigenvalue weighted by Crippen LogP contribution is -2.74. The molecule has 2 amide bonds. The lowest BCUT2D eigenvalue weighted by Gasteiger charge is -2.45. The fraction of sp³-hybridized carbons (Fsp3) is 0.889. The number of urea groups is 1. The zero-order valence-corrected chi connectivity index (χ0v) is 11.4. The molecule has 11 nitrogen and oxygen atoms in total. The maximum atomic E-state index is 11.7. The van der Waals surface area contributed by atoms with Crippen LogP contribution in [0.2, 0.25) is 0 Å². The third-order valence-corrected chi connectivity index (χ3v) is 3.12. The summed E-state index contributed by atoms with van der Waals surface area (Å²) in [5, 5.41) is 52.4. The number of halogens is 1. The van der Waals surface area contributed by atoms with Gasteiger partial charge in [-0.3, -0.25) is 0 Å². The summed E-state index contributed by atoms with van der Waals surface area (Å²) < 4.78 is 4.69. The van der Waals surface area contributed by atoms with Gasteiger partial charge in [0.2, 0.25) is 12.0 Å². The Morgan fingerprint density at radius 2 is 2.05 bits per heavy atom. The molecule has 1 fully saturated rings. The number of aliphatic hydroxyl groups is 5. The van der Waals surface area contributed by atoms with E-state index in [2.05, 4.69) is 10.0 Å². The molecule has 6 N–H and O–H groups in total. The Labute approximate surface area is 123 Å². The van der Waals surface area contributed by atoms with Crippen molar-refractivity contribution in [2.45, 2.75) is 30.3 Å². The van der Waals surface area contributed by atoms with E-state index in [0.29, 0.717) is 5.01 Å². The maximum absolute atomic E-state index is 11.7. The van der Waals surface area contributed by atoms with Gasteiger partial charge in [0.15, 0.2) is 0 Å². The van der Waals surface area contributed by atoms with Crippen molar-refractivity contribution in [2.75, 3.05) is 19.0 Å². The van der Waals surface area contributed by atoms with Gasteiger partial charge in [-0.25, -0.2) is 4.79 Å². The third kappa shape index (κ3) is 3.58. The first kappa shape index (κ1) is 18.0. The number of amides is 2. The minimum atomic E-state index is -2.81. The van der Waals surface area contributed by atoms with Crippen LogP contribution in [0.15, 0.2) is 5.29 Å². The molecule has 1 aliphatic heterocycles. The minimum Gasteiger partial charge on any atom is -0.394 e. The van der Waals surface area contributed by atoms with E-state index in [1.54, 1.807) is 5.32 Å². The SMILES string of the molecule is O=NN(CCCl)C(=O)N[C@@]1(O)C(O)O[C@H](CO)[C@@H](O)[C@@H]1O. The second-order valence-electron chi connectivity index (χ2n) is 4.29. The third-order valence-electron chi connectivity index (χ3n) is 2.95. The number of carbonyl (C=O) groups excluding carboxylic acids is 1. The normalized spacial score (nSPS) is 36.1. The van der Waals surface area contributed by atoms with E-state index in [1.807, 2.05) is 0 Å². The molecule has 1 saturated heterocycles. The van der Waals surface area contributed by atoms with Crippen LogP contribution >= 0.6 is 11.6 Å². The van der Waals surface area contributed by atoms with Gasteiger partial charge in [0.05, 0.1) is 18.4 Å². The molecule has 122 valence electrons. The number of nitrogens with zero attached hydrogens (tertiary/aromatic N) is 2. The predicted molar refractivity (Wildman–Crippen MR) is 66.7 cm³/mol. The molecule has 0 radical (unpaired) electrons. The number of rotatable bonds is 5. The topological polar surface area (TPSA) is 172 Å². The van der Waals surface area contributed by atoms with Gasteiger partial charge in [0.1, 0.15) is 18.3 Å². The summed E-state index contributed by atoms with van der Waals surface area (Å²) in [6, 6.07) is -1.27. The molecule has 0 spiro atoms. The Kier molecular flexibility index (Phi) is 6.22. The number of nitrogens with one attached hydrogen (secondary N) is 1. The van der Waals surface area contributed by atoms with E-state index in [9.17, 15) is 30.1 Å². The summed E-state index contributed by atoms with van der Waals surface area (Å²) in [5.41, 5.74) is -2.81. The first-order chi connectivity index (χ1) is 9.81. The first-order valence-electron chi connectivity index (χ1n) is 5.83. The van der Waals surface area contributed by atoms with Crippen LogP contribution in [-0.2, 0) is 4.74 Å². The zero-order chi connectivity index (χ0) is 16.2. The highest BCUT2D eigenvalue weighted by molar-refractivity contribution is 6.18. The molecule has 1 aliphatic rings. The van der Waals surface area contributed by atoms with E-state index in [4.69, 9.17) is 16.7 Å². The van der Waals surface area contributed by atoms with Gasteiger partial charge in [0.25, 0.3) is 0 Å². The average molecular weight is 330 g/mol. The number of nitroso groups, excluding NO2 is 1. The van der Waals surface area contributed by atoms with Crippen LogP contribution in [0, 0.1) is 4.91 Å². The highest BCUT2D eigenvalue weighted by Crippen LogP contribution is 2.27. The molecule has 5 atom stereocenters. The van der Waals surface area contributed by atoms with Gasteiger partial charge in [-0.2, -0.15) is 5.01 Å². The Balaban J connectivity index is 2.88. The number of alkyl halides is 1. The van der Waals surface area contributed by atoms with Crippen LogP contribution < -0.4 is 5.32 Å². The molecule has 0 aromatic rings. The van der Waals surface area contributed by atoms with Gasteiger partial charge in [-0.15, -0.1) is 16.5 Å². The smallest absolute Gasteiger partial charge is 0.342 e. The predicted octanol–water partition coefficient (Wildman–Crippen LogP) is -2.96. The van der Waals surface area contributed by atoms with Gasteiger partial charge >= 0.3 is 6.03 Å². The van der Waals surface area contributed by atoms with E-state index in [-0.39, 0.29) is 12.4 Å². The average Bonchev–Trinajstić information content (AvgIpc) is 2.46. The van der Waals surface area contributed by atoms with E-state index in [0.717, 1.165) is 0 Å². The fourth-order valence-corrected chi connectivity index (χ4v) is 1.90. The molecule has 1 heterocycles. The lowest BCUT2D eigenvalue weighted by molar-refractivity contribution is -0.335. The second-order valence-corrected chi connectivity index (χ2v) is 4.67. The second kappa shape index (κ2) is 7.26. The van der Waals surface area contributed by atoms with Crippen molar-refractivity contribution in [3.63, 3.8) is 0 Å². The van der Waals surface area contributed by atoms with Gasteiger partial charge < -0.3 is 35.6 Å². The monoisotopic (exact) mass is 329 g/mol. The Morgan fingerprint density at radius 3 is 2.52 bits per heavy atom. The Hall–Kier alpha value is -1.08. The largest absolute Gasteiger partial charge is 0.394 e. The number of carbonyl (C=O) groups is 1. The molecule has 0 aliphatic carbocycles. The molecule has 0 aromatic carbocycles. The summed E-state index contributed by atoms with van der Waals surface area (Å²) >= 11 is 5.34. The fourth-order valence-electron chi connectivity index (χ4n) is 1.74. The first-order valence-corrected chi connectivity index (χ1v) is 6.37. The summed E-state index contributed by atoms with van der Waals surface area (Å²) in [5.74, 6) is -0.131. The van der Waals surface area contributed by atoms with E-state index < -0.39 is 43.0 Å². The maximum Gasteiger partial charge on any atom is 0.342 e. The molecular formula is C9H16ClN3O8. The Bertz CT molecular complexity index is 388. The van der Waals surface area contributed by atoms with Crippen LogP contribution in [0.5, 0.6) is 0 Å². The van der Waals surface area contributed by atoms with Crippen molar-refractivity contribution >= 4 is 17.6 Å². The summed E-state index contributed by atoms with van der Waals surface area (Å²) in [6.07, 6.45) is -7.42. The number of aliphatic hydroxyl groups excluding tert-OH is 4. The van der Waals surface area contributed by atoms with Crippen molar-refractivity contribution in [3.05, 3.63) is 4.91 Å². The van der Waals surface area contributed by atoms with Crippen LogP contribution in [0.3, 0.4) is 0 Å². The molecule has 1 rings (SSSR count). The highest BCUT2D eigenvalue weighted by atomic mass is 35.5. The molecular weight excluding hydrogens is 314 g/mol. The van der Waals surface area contributed by atoms with Crippen molar-refractivity contribution < 1.29 is 35.1 Å². The van der Waals surface area contributed by atoms with Crippen molar-refractivity contribution in [1.82, 2.24) is 10.3 Å². The lowest BCUT2D eigenvalue weighted by atomic mass is 9.93. The molecule has 21 heavy (non-hydrogen) atoms. The van der Waals surface area contributed by atoms with E-state index in [1.165, 1.54) is 0 Å². The summed E-state index contributed by atoms with van der Waals surface area (Å²) in [4.78, 5) is 22.1. The number of hydrogen-bond donors (Lipinski definition) is 6. The van der Waals surface area contributed by atoms with Gasteiger partial charge in [-0.05, 0) is 0 Å². The van der Waals surface area contributed by atoms with Crippen LogP contribution in [0.25, 0.3) is 0 Å². The van der Waals surface area contributed by atoms with Crippen molar-refractivity contribution in [2.24, 2.45) is 5.29 Å². The molecule has 0 aromatic heterocycles. The summed E-state index contributed by atoms with van der Waals surface area (Å²) in [7, 11) is 0. The molecule has 1 unspecified atom stereocenters. The van der Waals surface area contributed by atoms with Crippen LogP contribution in [0.1, 0.15) is 0 Å². The van der Waals surface area contributed by atoms with Crippen LogP contribution in [0.4, 0.5) is 4.79 Å². The zero-order valence-electron chi connectivity index (χ0n) is 10.7.